The Morgan fingerprint density at radius 1 is 1.00 bits per heavy atom. The molecule has 0 amide bonds. The molecule has 86 valence electrons. The zero-order valence-electron chi connectivity index (χ0n) is 8.98. The summed E-state index contributed by atoms with van der Waals surface area (Å²) in [6.07, 6.45) is 0.548. The zero-order valence-corrected chi connectivity index (χ0v) is 8.98. The standard InChI is InChI=1S/C10H22O4/c1-10(2,7-11)8(12)5-3-4-6-9(13)14/h8-9,11-14H,3-7H2,1-2H3. The molecule has 0 saturated carbocycles. The molecule has 0 saturated heterocycles. The molecule has 14 heavy (non-hydrogen) atoms. The highest BCUT2D eigenvalue weighted by Crippen LogP contribution is 2.23. The second-order valence-electron chi connectivity index (χ2n) is 4.43. The minimum Gasteiger partial charge on any atom is -0.396 e. The van der Waals surface area contributed by atoms with Crippen molar-refractivity contribution >= 4 is 0 Å². The van der Waals surface area contributed by atoms with E-state index in [9.17, 15) is 5.11 Å². The monoisotopic (exact) mass is 206 g/mol. The van der Waals surface area contributed by atoms with Crippen molar-refractivity contribution in [2.75, 3.05) is 6.61 Å². The molecule has 1 unspecified atom stereocenters. The second kappa shape index (κ2) is 6.35. The Morgan fingerprint density at radius 2 is 1.50 bits per heavy atom. The quantitative estimate of drug-likeness (QED) is 0.355. The molecule has 0 spiro atoms. The molecule has 0 radical (unpaired) electrons. The van der Waals surface area contributed by atoms with Gasteiger partial charge in [0.25, 0.3) is 0 Å². The first-order valence-electron chi connectivity index (χ1n) is 5.05. The number of unbranched alkanes of at least 4 members (excludes halogenated alkanes) is 1. The molecule has 0 rings (SSSR count). The summed E-state index contributed by atoms with van der Waals surface area (Å²) in [5.74, 6) is 0. The first kappa shape index (κ1) is 13.8. The van der Waals surface area contributed by atoms with Gasteiger partial charge in [-0.15, -0.1) is 0 Å². The van der Waals surface area contributed by atoms with Crippen LogP contribution >= 0.6 is 0 Å². The molecule has 0 aliphatic carbocycles. The number of hydrogen-bond acceptors (Lipinski definition) is 4. The lowest BCUT2D eigenvalue weighted by molar-refractivity contribution is -0.0482. The number of hydrogen-bond donors (Lipinski definition) is 4. The average Bonchev–Trinajstić information content (AvgIpc) is 2.11. The van der Waals surface area contributed by atoms with E-state index in [4.69, 9.17) is 15.3 Å². The van der Waals surface area contributed by atoms with Crippen LogP contribution in [-0.2, 0) is 0 Å². The Kier molecular flexibility index (Phi) is 6.27. The fourth-order valence-corrected chi connectivity index (χ4v) is 1.16. The highest BCUT2D eigenvalue weighted by atomic mass is 16.5. The Hall–Kier alpha value is -0.160. The summed E-state index contributed by atoms with van der Waals surface area (Å²) in [5, 5.41) is 35.8. The van der Waals surface area contributed by atoms with Gasteiger partial charge in [-0.2, -0.15) is 0 Å². The molecule has 4 nitrogen and oxygen atoms in total. The van der Waals surface area contributed by atoms with E-state index >= 15 is 0 Å². The fraction of sp³-hybridized carbons (Fsp3) is 1.00. The average molecular weight is 206 g/mol. The van der Waals surface area contributed by atoms with Crippen molar-refractivity contribution in [1.29, 1.82) is 0 Å². The van der Waals surface area contributed by atoms with Crippen molar-refractivity contribution in [3.63, 3.8) is 0 Å². The van der Waals surface area contributed by atoms with Gasteiger partial charge in [0.1, 0.15) is 0 Å². The van der Waals surface area contributed by atoms with Gasteiger partial charge in [0.2, 0.25) is 0 Å². The zero-order chi connectivity index (χ0) is 11.2. The van der Waals surface area contributed by atoms with Crippen LogP contribution in [0.3, 0.4) is 0 Å². The molecule has 0 heterocycles. The van der Waals surface area contributed by atoms with Crippen LogP contribution in [0.1, 0.15) is 39.5 Å². The molecule has 0 aromatic carbocycles. The second-order valence-corrected chi connectivity index (χ2v) is 4.43. The summed E-state index contributed by atoms with van der Waals surface area (Å²) in [4.78, 5) is 0. The maximum Gasteiger partial charge on any atom is 0.151 e. The Morgan fingerprint density at radius 3 is 1.93 bits per heavy atom. The van der Waals surface area contributed by atoms with E-state index in [1.807, 2.05) is 0 Å². The van der Waals surface area contributed by atoms with Crippen LogP contribution < -0.4 is 0 Å². The maximum atomic E-state index is 9.66. The smallest absolute Gasteiger partial charge is 0.151 e. The van der Waals surface area contributed by atoms with Crippen LogP contribution in [0.25, 0.3) is 0 Å². The van der Waals surface area contributed by atoms with Gasteiger partial charge in [0.15, 0.2) is 6.29 Å². The topological polar surface area (TPSA) is 80.9 Å². The van der Waals surface area contributed by atoms with E-state index in [0.717, 1.165) is 6.42 Å². The van der Waals surface area contributed by atoms with Crippen molar-refractivity contribution in [3.8, 4) is 0 Å². The van der Waals surface area contributed by atoms with Crippen molar-refractivity contribution in [2.24, 2.45) is 5.41 Å². The molecule has 1 atom stereocenters. The summed E-state index contributed by atoms with van der Waals surface area (Å²) in [6.45, 7) is 3.56. The molecule has 0 bridgehead atoms. The van der Waals surface area contributed by atoms with Gasteiger partial charge in [0.05, 0.1) is 12.7 Å². The third-order valence-electron chi connectivity index (χ3n) is 2.50. The molecule has 0 aliphatic heterocycles. The Balaban J connectivity index is 3.59. The van der Waals surface area contributed by atoms with Gasteiger partial charge in [-0.05, 0) is 19.3 Å². The first-order valence-corrected chi connectivity index (χ1v) is 5.05. The van der Waals surface area contributed by atoms with Crippen molar-refractivity contribution in [2.45, 2.75) is 51.9 Å². The van der Waals surface area contributed by atoms with Crippen LogP contribution in [0.4, 0.5) is 0 Å². The Labute approximate surface area is 85.2 Å². The van der Waals surface area contributed by atoms with E-state index in [-0.39, 0.29) is 6.61 Å². The summed E-state index contributed by atoms with van der Waals surface area (Å²) in [7, 11) is 0. The molecule has 4 heteroatoms. The van der Waals surface area contributed by atoms with Gasteiger partial charge in [-0.3, -0.25) is 0 Å². The summed E-state index contributed by atoms with van der Waals surface area (Å²) in [6, 6.07) is 0. The molecule has 0 fully saturated rings. The predicted molar refractivity (Wildman–Crippen MR) is 53.6 cm³/mol. The van der Waals surface area contributed by atoms with Crippen LogP contribution in [0.15, 0.2) is 0 Å². The molecule has 0 aliphatic rings. The fourth-order valence-electron chi connectivity index (χ4n) is 1.16. The van der Waals surface area contributed by atoms with Crippen LogP contribution in [-0.4, -0.2) is 39.4 Å². The third-order valence-corrected chi connectivity index (χ3v) is 2.50. The van der Waals surface area contributed by atoms with E-state index in [0.29, 0.717) is 19.3 Å². The van der Waals surface area contributed by atoms with Gasteiger partial charge in [-0.25, -0.2) is 0 Å². The third kappa shape index (κ3) is 5.54. The van der Waals surface area contributed by atoms with Gasteiger partial charge in [0, 0.05) is 5.41 Å². The highest BCUT2D eigenvalue weighted by molar-refractivity contribution is 4.76. The molecule has 0 aromatic rings. The lowest BCUT2D eigenvalue weighted by atomic mass is 9.85. The van der Waals surface area contributed by atoms with Crippen LogP contribution in [0.2, 0.25) is 0 Å². The molecule has 0 aromatic heterocycles. The molecular formula is C10H22O4. The van der Waals surface area contributed by atoms with Crippen LogP contribution in [0.5, 0.6) is 0 Å². The SMILES string of the molecule is CC(C)(CO)C(O)CCCCC(O)O. The van der Waals surface area contributed by atoms with Gasteiger partial charge >= 0.3 is 0 Å². The summed E-state index contributed by atoms with van der Waals surface area (Å²) >= 11 is 0. The van der Waals surface area contributed by atoms with Gasteiger partial charge in [-0.1, -0.05) is 20.3 Å². The molecular weight excluding hydrogens is 184 g/mol. The lowest BCUT2D eigenvalue weighted by Gasteiger charge is -2.28. The van der Waals surface area contributed by atoms with E-state index in [2.05, 4.69) is 0 Å². The predicted octanol–water partition coefficient (Wildman–Crippen LogP) is 0.237. The van der Waals surface area contributed by atoms with Crippen molar-refractivity contribution in [3.05, 3.63) is 0 Å². The van der Waals surface area contributed by atoms with Crippen molar-refractivity contribution in [1.82, 2.24) is 0 Å². The minimum absolute atomic E-state index is 0.0448. The van der Waals surface area contributed by atoms with E-state index in [1.54, 1.807) is 13.8 Å². The normalized spacial score (nSPS) is 14.8. The van der Waals surface area contributed by atoms with E-state index in [1.165, 1.54) is 0 Å². The van der Waals surface area contributed by atoms with Gasteiger partial charge < -0.3 is 20.4 Å². The largest absolute Gasteiger partial charge is 0.396 e. The van der Waals surface area contributed by atoms with Crippen LogP contribution in [0, 0.1) is 5.41 Å². The minimum atomic E-state index is -1.25. The number of aliphatic hydroxyl groups is 4. The summed E-state index contributed by atoms with van der Waals surface area (Å²) < 4.78 is 0. The molecule has 4 N–H and O–H groups in total. The number of rotatable bonds is 7. The number of aliphatic hydroxyl groups excluding tert-OH is 3. The summed E-state index contributed by atoms with van der Waals surface area (Å²) in [5.41, 5.74) is -0.474. The Bertz CT molecular complexity index is 145. The maximum absolute atomic E-state index is 9.66. The van der Waals surface area contributed by atoms with E-state index < -0.39 is 17.8 Å². The van der Waals surface area contributed by atoms with Crippen molar-refractivity contribution < 1.29 is 20.4 Å². The lowest BCUT2D eigenvalue weighted by Crippen LogP contribution is -2.32. The first-order chi connectivity index (χ1) is 6.40. The highest BCUT2D eigenvalue weighted by Gasteiger charge is 2.26.